The van der Waals surface area contributed by atoms with E-state index in [1.54, 1.807) is 0 Å². The molecule has 1 saturated heterocycles. The second-order valence-corrected chi connectivity index (χ2v) is 4.45. The fraction of sp³-hybridized carbons (Fsp3) is 0.800. The molecule has 0 spiro atoms. The van der Waals surface area contributed by atoms with Gasteiger partial charge in [0.2, 0.25) is 0 Å². The van der Waals surface area contributed by atoms with Gasteiger partial charge in [0.25, 0.3) is 0 Å². The molecule has 40 valence electrons. The Balaban J connectivity index is 2.23. The smallest absolute Gasteiger partial charge is 0.0225 e. The summed E-state index contributed by atoms with van der Waals surface area (Å²) in [5.41, 5.74) is 2.38. The first kappa shape index (κ1) is 4.10. The van der Waals surface area contributed by atoms with Gasteiger partial charge in [-0.1, -0.05) is 0 Å². The van der Waals surface area contributed by atoms with E-state index < -0.39 is 0 Å². The second-order valence-electron chi connectivity index (χ2n) is 2.30. The third kappa shape index (κ3) is 0.537. The van der Waals surface area contributed by atoms with E-state index in [-0.39, 0.29) is 0 Å². The minimum atomic E-state index is 0.765. The Labute approximate surface area is 46.2 Å². The molecule has 0 aromatic heterocycles. The molecule has 2 heterocycles. The molecule has 2 unspecified atom stereocenters. The predicted octanol–water partition coefficient (Wildman–Crippen LogP) is 0.343. The molecule has 0 aliphatic carbocycles. The van der Waals surface area contributed by atoms with Crippen molar-refractivity contribution in [1.29, 1.82) is 0 Å². The number of hydrogen-bond acceptors (Lipinski definition) is 1. The molecule has 0 radical (unpaired) electrons. The molecule has 2 heteroatoms. The Kier molecular flexibility index (Phi) is 0.654. The molecule has 0 aromatic carbocycles. The van der Waals surface area contributed by atoms with Crippen LogP contribution in [0, 0.1) is 0 Å². The molecule has 2 atom stereocenters. The molecule has 0 N–H and O–H groups in total. The second kappa shape index (κ2) is 1.12. The van der Waals surface area contributed by atoms with E-state index in [9.17, 15) is 0 Å². The van der Waals surface area contributed by atoms with Gasteiger partial charge in [-0.25, -0.2) is 0 Å². The standard InChI is InChI=1S/C5H9NS/c1-6-2-5-3-7(5)4-6/h4-5H,2-3H2,1H3. The van der Waals surface area contributed by atoms with Crippen LogP contribution in [0.25, 0.3) is 0 Å². The Morgan fingerprint density at radius 3 is 3.00 bits per heavy atom. The van der Waals surface area contributed by atoms with Gasteiger partial charge in [-0.05, 0) is 7.05 Å². The molecule has 0 aromatic rings. The SMILES string of the molecule is CN1C=S2CC2C1. The van der Waals surface area contributed by atoms with E-state index in [2.05, 4.69) is 17.4 Å². The fourth-order valence-electron chi connectivity index (χ4n) is 1.05. The van der Waals surface area contributed by atoms with Gasteiger partial charge >= 0.3 is 0 Å². The first-order valence-electron chi connectivity index (χ1n) is 2.60. The van der Waals surface area contributed by atoms with Crippen molar-refractivity contribution in [3.63, 3.8) is 0 Å². The molecule has 7 heavy (non-hydrogen) atoms. The summed E-state index contributed by atoms with van der Waals surface area (Å²) in [5, 5.41) is 1.09. The Morgan fingerprint density at radius 1 is 1.86 bits per heavy atom. The van der Waals surface area contributed by atoms with Crippen LogP contribution in [0.5, 0.6) is 0 Å². The van der Waals surface area contributed by atoms with Crippen LogP contribution in [-0.2, 0) is 0 Å². The highest BCUT2D eigenvalue weighted by atomic mass is 32.2. The van der Waals surface area contributed by atoms with E-state index in [4.69, 9.17) is 0 Å². The summed E-state index contributed by atoms with van der Waals surface area (Å²) in [4.78, 5) is 2.32. The van der Waals surface area contributed by atoms with Gasteiger partial charge in [0.15, 0.2) is 0 Å². The minimum Gasteiger partial charge on any atom is -0.278 e. The average Bonchev–Trinajstić information content (AvgIpc) is 2.15. The van der Waals surface area contributed by atoms with Crippen LogP contribution in [0.3, 0.4) is 0 Å². The van der Waals surface area contributed by atoms with Crippen LogP contribution in [0.2, 0.25) is 0 Å². The van der Waals surface area contributed by atoms with Crippen molar-refractivity contribution in [2.24, 2.45) is 0 Å². The van der Waals surface area contributed by atoms with E-state index in [0.717, 1.165) is 15.7 Å². The van der Waals surface area contributed by atoms with Gasteiger partial charge in [-0.15, -0.1) is 0 Å². The molecule has 0 amide bonds. The molecular formula is C5H9NS. The van der Waals surface area contributed by atoms with Crippen LogP contribution in [0.4, 0.5) is 0 Å². The first-order chi connectivity index (χ1) is 3.36. The number of nitrogens with zero attached hydrogens (tertiary/aromatic N) is 1. The molecule has 1 nitrogen and oxygen atoms in total. The Bertz CT molecular complexity index is 130. The van der Waals surface area contributed by atoms with Crippen molar-refractivity contribution in [3.05, 3.63) is 0 Å². The first-order valence-corrected chi connectivity index (χ1v) is 4.12. The maximum atomic E-state index is 2.38. The van der Waals surface area contributed by atoms with Gasteiger partial charge in [0.1, 0.15) is 0 Å². The van der Waals surface area contributed by atoms with Gasteiger partial charge < -0.3 is 0 Å². The number of hydrogen-bond donors (Lipinski definition) is 0. The van der Waals surface area contributed by atoms with Crippen molar-refractivity contribution in [2.75, 3.05) is 19.3 Å². The highest BCUT2D eigenvalue weighted by molar-refractivity contribution is 8.22. The summed E-state index contributed by atoms with van der Waals surface area (Å²) in [5.74, 6) is 1.50. The molecule has 0 bridgehead atoms. The highest BCUT2D eigenvalue weighted by Crippen LogP contribution is 2.43. The molecule has 2 aliphatic rings. The van der Waals surface area contributed by atoms with Crippen LogP contribution in [0.1, 0.15) is 0 Å². The van der Waals surface area contributed by atoms with E-state index in [1.165, 1.54) is 12.3 Å². The molecular weight excluding hydrogens is 106 g/mol. The average molecular weight is 115 g/mol. The summed E-state index contributed by atoms with van der Waals surface area (Å²) in [6, 6.07) is 0. The number of fused-ring (bicyclic) bond motifs is 1. The lowest BCUT2D eigenvalue weighted by molar-refractivity contribution is 0.548. The van der Waals surface area contributed by atoms with Crippen molar-refractivity contribution >= 4 is 16.0 Å². The third-order valence-corrected chi connectivity index (χ3v) is 3.66. The topological polar surface area (TPSA) is 3.24 Å². The molecule has 2 rings (SSSR count). The summed E-state index contributed by atoms with van der Waals surface area (Å²) in [6.45, 7) is 1.34. The van der Waals surface area contributed by atoms with Crippen LogP contribution >= 0.6 is 10.5 Å². The Hall–Kier alpha value is 0.180. The van der Waals surface area contributed by atoms with Gasteiger partial charge in [-0.3, -0.25) is 4.90 Å². The van der Waals surface area contributed by atoms with Crippen LogP contribution < -0.4 is 0 Å². The van der Waals surface area contributed by atoms with Crippen LogP contribution in [-0.4, -0.2) is 35.0 Å². The predicted molar refractivity (Wildman–Crippen MR) is 34.9 cm³/mol. The van der Waals surface area contributed by atoms with Crippen molar-refractivity contribution in [1.82, 2.24) is 4.90 Å². The summed E-state index contributed by atoms with van der Waals surface area (Å²) in [7, 11) is 2.93. The largest absolute Gasteiger partial charge is 0.278 e. The fourth-order valence-corrected chi connectivity index (χ4v) is 2.97. The summed E-state index contributed by atoms with van der Waals surface area (Å²) in [6.07, 6.45) is 0. The van der Waals surface area contributed by atoms with Gasteiger partial charge in [0.05, 0.1) is 0 Å². The number of rotatable bonds is 0. The molecule has 1 fully saturated rings. The van der Waals surface area contributed by atoms with Gasteiger partial charge in [0, 0.05) is 23.0 Å². The summed E-state index contributed by atoms with van der Waals surface area (Å²) < 4.78 is 0. The van der Waals surface area contributed by atoms with Crippen molar-refractivity contribution in [2.45, 2.75) is 5.25 Å². The quantitative estimate of drug-likeness (QED) is 0.325. The lowest BCUT2D eigenvalue weighted by atomic mass is 10.5. The van der Waals surface area contributed by atoms with Crippen molar-refractivity contribution in [3.8, 4) is 0 Å². The van der Waals surface area contributed by atoms with E-state index in [0.29, 0.717) is 0 Å². The zero-order valence-corrected chi connectivity index (χ0v) is 5.24. The summed E-state index contributed by atoms with van der Waals surface area (Å²) >= 11 is 0. The van der Waals surface area contributed by atoms with E-state index >= 15 is 0 Å². The lowest BCUT2D eigenvalue weighted by Gasteiger charge is -2.01. The van der Waals surface area contributed by atoms with Crippen molar-refractivity contribution < 1.29 is 0 Å². The monoisotopic (exact) mass is 115 g/mol. The lowest BCUT2D eigenvalue weighted by Crippen LogP contribution is -2.16. The molecule has 2 aliphatic heterocycles. The highest BCUT2D eigenvalue weighted by Gasteiger charge is 2.33. The maximum Gasteiger partial charge on any atom is 0.0225 e. The van der Waals surface area contributed by atoms with E-state index in [1.807, 2.05) is 0 Å². The zero-order valence-electron chi connectivity index (χ0n) is 4.42. The maximum absolute atomic E-state index is 2.38. The van der Waals surface area contributed by atoms with Gasteiger partial charge in [-0.2, -0.15) is 10.5 Å². The zero-order chi connectivity index (χ0) is 4.85. The third-order valence-electron chi connectivity index (χ3n) is 1.50. The van der Waals surface area contributed by atoms with Crippen LogP contribution in [0.15, 0.2) is 0 Å². The minimum absolute atomic E-state index is 0.765. The normalized spacial score (nSPS) is 48.1. The molecule has 0 saturated carbocycles. The Morgan fingerprint density at radius 2 is 2.71 bits per heavy atom.